The number of benzene rings is 2. The summed E-state index contributed by atoms with van der Waals surface area (Å²) in [6.45, 7) is 4.70. The topological polar surface area (TPSA) is 169 Å². The van der Waals surface area contributed by atoms with Gasteiger partial charge >= 0.3 is 0 Å². The Hall–Kier alpha value is -4.11. The van der Waals surface area contributed by atoms with Gasteiger partial charge in [0.2, 0.25) is 0 Å². The van der Waals surface area contributed by atoms with Gasteiger partial charge in [0.15, 0.2) is 9.84 Å². The van der Waals surface area contributed by atoms with Gasteiger partial charge in [-0.25, -0.2) is 13.4 Å². The molecule has 1 saturated heterocycles. The minimum atomic E-state index is -3.40. The first kappa shape index (κ1) is 35.2. The number of nitrogens with zero attached hydrogens (tertiary/aromatic N) is 3. The number of anilines is 1. The number of aliphatic hydroxyl groups excluding tert-OH is 1. The van der Waals surface area contributed by atoms with E-state index in [1.165, 1.54) is 23.5 Å². The van der Waals surface area contributed by atoms with Gasteiger partial charge in [0, 0.05) is 65.0 Å². The number of rotatable bonds is 15. The zero-order chi connectivity index (χ0) is 34.3. The van der Waals surface area contributed by atoms with Crippen molar-refractivity contribution in [3.05, 3.63) is 99.3 Å². The van der Waals surface area contributed by atoms with Gasteiger partial charge < -0.3 is 26.0 Å². The largest absolute Gasteiger partial charge is 0.390 e. The molecule has 1 aliphatic rings. The summed E-state index contributed by atoms with van der Waals surface area (Å²) < 4.78 is 24.0. The monoisotopic (exact) mass is 693 g/mol. The number of aromatic nitrogens is 3. The van der Waals surface area contributed by atoms with E-state index in [1.807, 2.05) is 55.8 Å². The van der Waals surface area contributed by atoms with E-state index < -0.39 is 27.9 Å². The molecule has 0 aliphatic carbocycles. The third kappa shape index (κ3) is 9.28. The number of likely N-dealkylation sites (tertiary alicyclic amines) is 1. The Morgan fingerprint density at radius 2 is 1.94 bits per heavy atom. The number of thiazole rings is 1. The molecule has 48 heavy (non-hydrogen) atoms. The first-order valence-electron chi connectivity index (χ1n) is 16.0. The molecule has 0 spiro atoms. The van der Waals surface area contributed by atoms with Crippen LogP contribution in [0, 0.1) is 6.92 Å². The van der Waals surface area contributed by atoms with Crippen LogP contribution >= 0.6 is 11.3 Å². The standard InChI is InChI=1S/C34H43N7O5S2/c1-4-28(26-17-37-38-18-26)35-19-31(42)29(13-23-9-6-5-7-10-23)40-32(43)24-14-25(16-27(15-24)36-21-48(3,45)46)34(44)41-12-8-11-30(41)33-39-22(2)20-47-33/h5-7,9-10,14-18,20,28-31,35-36,42H,4,8,11-13,19,21H2,1-3H3,(H,37,38)(H,40,43)/t28?,29-,30+,31+/m0/s1. The Morgan fingerprint density at radius 3 is 2.60 bits per heavy atom. The first-order chi connectivity index (χ1) is 23.0. The molecule has 14 heteroatoms. The van der Waals surface area contributed by atoms with E-state index in [9.17, 15) is 23.1 Å². The summed E-state index contributed by atoms with van der Waals surface area (Å²) in [5.41, 5.74) is 3.54. The van der Waals surface area contributed by atoms with Crippen molar-refractivity contribution in [2.75, 3.05) is 30.5 Å². The lowest BCUT2D eigenvalue weighted by molar-refractivity contribution is 0.0735. The number of carbonyl (C=O) groups is 2. The highest BCUT2D eigenvalue weighted by molar-refractivity contribution is 7.90. The van der Waals surface area contributed by atoms with E-state index in [0.29, 0.717) is 18.7 Å². The number of amides is 2. The summed E-state index contributed by atoms with van der Waals surface area (Å²) in [4.78, 5) is 34.3. The fraction of sp³-hybridized carbons (Fsp3) is 0.412. The molecule has 0 saturated carbocycles. The van der Waals surface area contributed by atoms with Crippen molar-refractivity contribution in [3.8, 4) is 0 Å². The van der Waals surface area contributed by atoms with Crippen LogP contribution in [-0.4, -0.2) is 82.8 Å². The number of hydrogen-bond acceptors (Lipinski definition) is 10. The SMILES string of the molecule is CCC(NC[C@@H](O)[C@H](Cc1ccccc1)NC(=O)c1cc(NCS(C)(=O)=O)cc(C(=O)N2CCC[C@@H]2c2nc(C)cs2)c1)c1cn[nH]c1. The molecular weight excluding hydrogens is 651 g/mol. The van der Waals surface area contributed by atoms with E-state index in [4.69, 9.17) is 0 Å². The van der Waals surface area contributed by atoms with E-state index >= 15 is 0 Å². The van der Waals surface area contributed by atoms with Gasteiger partial charge in [0.05, 0.1) is 24.4 Å². The Labute approximate surface area is 285 Å². The smallest absolute Gasteiger partial charge is 0.254 e. The molecule has 4 aromatic rings. The van der Waals surface area contributed by atoms with Crippen LogP contribution in [0.5, 0.6) is 0 Å². The molecular formula is C34H43N7O5S2. The third-order valence-corrected chi connectivity index (χ3v) is 10.1. The normalized spacial score (nSPS) is 16.8. The van der Waals surface area contributed by atoms with Gasteiger partial charge in [-0.15, -0.1) is 11.3 Å². The Balaban J connectivity index is 1.40. The second-order valence-electron chi connectivity index (χ2n) is 12.3. The average Bonchev–Trinajstić information content (AvgIpc) is 3.86. The molecule has 3 heterocycles. The zero-order valence-electron chi connectivity index (χ0n) is 27.3. The number of aromatic amines is 1. The lowest BCUT2D eigenvalue weighted by Crippen LogP contribution is -2.49. The highest BCUT2D eigenvalue weighted by Gasteiger charge is 2.33. The number of nitrogens with one attached hydrogen (secondary N) is 4. The highest BCUT2D eigenvalue weighted by Crippen LogP contribution is 2.35. The second-order valence-corrected chi connectivity index (χ2v) is 15.3. The minimum Gasteiger partial charge on any atom is -0.390 e. The van der Waals surface area contributed by atoms with Gasteiger partial charge in [-0.05, 0) is 56.4 Å². The Kier molecular flexibility index (Phi) is 11.6. The molecule has 2 amide bonds. The van der Waals surface area contributed by atoms with E-state index in [-0.39, 0.29) is 41.5 Å². The number of carbonyl (C=O) groups excluding carboxylic acids is 2. The van der Waals surface area contributed by atoms with Gasteiger partial charge in [-0.3, -0.25) is 14.7 Å². The number of sulfone groups is 1. The number of aryl methyl sites for hydroxylation is 1. The molecule has 5 N–H and O–H groups in total. The summed E-state index contributed by atoms with van der Waals surface area (Å²) in [7, 11) is -3.40. The molecule has 5 rings (SSSR count). The minimum absolute atomic E-state index is 0.0413. The highest BCUT2D eigenvalue weighted by atomic mass is 32.2. The van der Waals surface area contributed by atoms with Crippen LogP contribution in [-0.2, 0) is 16.3 Å². The maximum absolute atomic E-state index is 14.0. The van der Waals surface area contributed by atoms with Crippen LogP contribution in [0.15, 0.2) is 66.3 Å². The maximum atomic E-state index is 14.0. The van der Waals surface area contributed by atoms with Gasteiger partial charge in [-0.1, -0.05) is 37.3 Å². The molecule has 2 aromatic carbocycles. The van der Waals surface area contributed by atoms with Crippen LogP contribution in [0.4, 0.5) is 5.69 Å². The Bertz CT molecular complexity index is 1780. The van der Waals surface area contributed by atoms with Crippen molar-refractivity contribution in [1.29, 1.82) is 0 Å². The van der Waals surface area contributed by atoms with Crippen LogP contribution in [0.2, 0.25) is 0 Å². The van der Waals surface area contributed by atoms with Crippen molar-refractivity contribution >= 4 is 38.7 Å². The lowest BCUT2D eigenvalue weighted by Gasteiger charge is -2.27. The van der Waals surface area contributed by atoms with Crippen molar-refractivity contribution in [2.24, 2.45) is 0 Å². The summed E-state index contributed by atoms with van der Waals surface area (Å²) >= 11 is 1.52. The zero-order valence-corrected chi connectivity index (χ0v) is 29.0. The van der Waals surface area contributed by atoms with E-state index in [2.05, 4.69) is 31.1 Å². The van der Waals surface area contributed by atoms with Crippen LogP contribution in [0.1, 0.15) is 80.8 Å². The van der Waals surface area contributed by atoms with Crippen LogP contribution < -0.4 is 16.0 Å². The predicted octanol–water partition coefficient (Wildman–Crippen LogP) is 4.01. The molecule has 0 bridgehead atoms. The molecule has 1 aliphatic heterocycles. The van der Waals surface area contributed by atoms with Crippen molar-refractivity contribution < 1.29 is 23.1 Å². The Morgan fingerprint density at radius 1 is 1.17 bits per heavy atom. The molecule has 256 valence electrons. The van der Waals surface area contributed by atoms with Crippen molar-refractivity contribution in [1.82, 2.24) is 30.7 Å². The molecule has 4 atom stereocenters. The maximum Gasteiger partial charge on any atom is 0.254 e. The fourth-order valence-electron chi connectivity index (χ4n) is 5.91. The first-order valence-corrected chi connectivity index (χ1v) is 19.0. The summed E-state index contributed by atoms with van der Waals surface area (Å²) in [6.07, 6.45) is 6.42. The number of hydrogen-bond donors (Lipinski definition) is 5. The summed E-state index contributed by atoms with van der Waals surface area (Å²) in [5.74, 6) is -1.13. The van der Waals surface area contributed by atoms with Crippen LogP contribution in [0.25, 0.3) is 0 Å². The van der Waals surface area contributed by atoms with E-state index in [1.54, 1.807) is 17.2 Å². The predicted molar refractivity (Wildman–Crippen MR) is 187 cm³/mol. The number of aliphatic hydroxyl groups is 1. The lowest BCUT2D eigenvalue weighted by atomic mass is 9.99. The van der Waals surface area contributed by atoms with Gasteiger partial charge in [0.25, 0.3) is 11.8 Å². The summed E-state index contributed by atoms with van der Waals surface area (Å²) in [6, 6.07) is 13.3. The van der Waals surface area contributed by atoms with Gasteiger partial charge in [-0.2, -0.15) is 5.10 Å². The quantitative estimate of drug-likeness (QED) is 0.124. The van der Waals surface area contributed by atoms with Gasteiger partial charge in [0.1, 0.15) is 10.9 Å². The fourth-order valence-corrected chi connectivity index (χ4v) is 7.29. The summed E-state index contributed by atoms with van der Waals surface area (Å²) in [5, 5.41) is 30.3. The molecule has 12 nitrogen and oxygen atoms in total. The third-order valence-electron chi connectivity index (χ3n) is 8.40. The molecule has 0 radical (unpaired) electrons. The second kappa shape index (κ2) is 15.9. The molecule has 2 aromatic heterocycles. The van der Waals surface area contributed by atoms with Crippen molar-refractivity contribution in [3.63, 3.8) is 0 Å². The molecule has 1 unspecified atom stereocenters. The van der Waals surface area contributed by atoms with E-state index in [0.717, 1.165) is 47.3 Å². The average molecular weight is 694 g/mol. The van der Waals surface area contributed by atoms with Crippen molar-refractivity contribution in [2.45, 2.75) is 63.8 Å². The number of H-pyrrole nitrogens is 1. The molecule has 1 fully saturated rings. The van der Waals surface area contributed by atoms with Crippen LogP contribution in [0.3, 0.4) is 0 Å².